The Labute approximate surface area is 126 Å². The van der Waals surface area contributed by atoms with Crippen LogP contribution in [0.1, 0.15) is 24.8 Å². The zero-order valence-corrected chi connectivity index (χ0v) is 12.6. The summed E-state index contributed by atoms with van der Waals surface area (Å²) in [6.45, 7) is 2.30. The van der Waals surface area contributed by atoms with Crippen LogP contribution in [-0.4, -0.2) is 44.2 Å². The number of carbonyl (C=O) groups is 1. The van der Waals surface area contributed by atoms with Gasteiger partial charge in [0, 0.05) is 19.2 Å². The topological polar surface area (TPSA) is 64.8 Å². The van der Waals surface area contributed by atoms with E-state index in [-0.39, 0.29) is 12.5 Å². The minimum atomic E-state index is 0.0521. The van der Waals surface area contributed by atoms with Gasteiger partial charge in [0.25, 0.3) is 5.91 Å². The fourth-order valence-electron chi connectivity index (χ4n) is 2.53. The molecule has 1 aromatic carbocycles. The van der Waals surface area contributed by atoms with E-state index in [4.69, 9.17) is 15.2 Å². The van der Waals surface area contributed by atoms with E-state index >= 15 is 0 Å². The van der Waals surface area contributed by atoms with Gasteiger partial charge in [0.2, 0.25) is 0 Å². The lowest BCUT2D eigenvalue weighted by atomic mass is 10.1. The van der Waals surface area contributed by atoms with E-state index in [2.05, 4.69) is 0 Å². The van der Waals surface area contributed by atoms with E-state index < -0.39 is 0 Å². The summed E-state index contributed by atoms with van der Waals surface area (Å²) in [6, 6.07) is 5.63. The van der Waals surface area contributed by atoms with E-state index in [1.54, 1.807) is 7.11 Å². The van der Waals surface area contributed by atoms with Crippen molar-refractivity contribution in [2.24, 2.45) is 5.73 Å². The van der Waals surface area contributed by atoms with E-state index in [0.717, 1.165) is 43.7 Å². The van der Waals surface area contributed by atoms with Crippen molar-refractivity contribution in [3.63, 3.8) is 0 Å². The van der Waals surface area contributed by atoms with Crippen molar-refractivity contribution in [3.8, 4) is 11.5 Å². The summed E-state index contributed by atoms with van der Waals surface area (Å²) >= 11 is 0. The summed E-state index contributed by atoms with van der Waals surface area (Å²) in [7, 11) is 1.61. The van der Waals surface area contributed by atoms with Crippen LogP contribution in [0.2, 0.25) is 0 Å². The molecule has 0 unspecified atom stereocenters. The molecule has 21 heavy (non-hydrogen) atoms. The number of hydrogen-bond acceptors (Lipinski definition) is 4. The number of nitrogens with two attached hydrogens (primary N) is 1. The maximum atomic E-state index is 12.1. The fraction of sp³-hybridized carbons (Fsp3) is 0.562. The van der Waals surface area contributed by atoms with Crippen molar-refractivity contribution in [1.29, 1.82) is 0 Å². The zero-order chi connectivity index (χ0) is 15.1. The molecule has 1 aliphatic heterocycles. The van der Waals surface area contributed by atoms with Crippen LogP contribution in [0.4, 0.5) is 0 Å². The summed E-state index contributed by atoms with van der Waals surface area (Å²) in [5, 5.41) is 0. The lowest BCUT2D eigenvalue weighted by Gasteiger charge is -2.26. The maximum absolute atomic E-state index is 12.1. The Kier molecular flexibility index (Phi) is 5.87. The van der Waals surface area contributed by atoms with Crippen LogP contribution in [0, 0.1) is 0 Å². The van der Waals surface area contributed by atoms with Crippen LogP contribution < -0.4 is 15.2 Å². The van der Waals surface area contributed by atoms with Crippen LogP contribution >= 0.6 is 0 Å². The number of nitrogens with zero attached hydrogens (tertiary/aromatic N) is 1. The highest BCUT2D eigenvalue weighted by molar-refractivity contribution is 5.77. The first-order valence-corrected chi connectivity index (χ1v) is 7.52. The number of likely N-dealkylation sites (tertiary alicyclic amines) is 1. The Hall–Kier alpha value is -1.75. The van der Waals surface area contributed by atoms with Gasteiger partial charge in [-0.25, -0.2) is 0 Å². The molecule has 2 N–H and O–H groups in total. The molecule has 0 atom stereocenters. The van der Waals surface area contributed by atoms with Crippen molar-refractivity contribution < 1.29 is 14.3 Å². The molecule has 2 rings (SSSR count). The van der Waals surface area contributed by atoms with Crippen LogP contribution in [-0.2, 0) is 11.2 Å². The molecule has 0 saturated carbocycles. The zero-order valence-electron chi connectivity index (χ0n) is 12.6. The molecule has 1 amide bonds. The molecule has 0 aliphatic carbocycles. The van der Waals surface area contributed by atoms with Crippen LogP contribution in [0.25, 0.3) is 0 Å². The monoisotopic (exact) mass is 292 g/mol. The molecule has 1 heterocycles. The Morgan fingerprint density at radius 3 is 2.71 bits per heavy atom. The average Bonchev–Trinajstić information content (AvgIpc) is 2.54. The largest absolute Gasteiger partial charge is 0.497 e. The molecule has 0 aromatic heterocycles. The molecular weight excluding hydrogens is 268 g/mol. The van der Waals surface area contributed by atoms with Gasteiger partial charge in [-0.15, -0.1) is 0 Å². The lowest BCUT2D eigenvalue weighted by molar-refractivity contribution is -0.134. The summed E-state index contributed by atoms with van der Waals surface area (Å²) in [5.41, 5.74) is 6.62. The second kappa shape index (κ2) is 7.88. The van der Waals surface area contributed by atoms with Crippen LogP contribution in [0.3, 0.4) is 0 Å². The highest BCUT2D eigenvalue weighted by Crippen LogP contribution is 2.25. The van der Waals surface area contributed by atoms with Gasteiger partial charge in [0.05, 0.1) is 7.11 Å². The molecule has 116 valence electrons. The minimum Gasteiger partial charge on any atom is -0.497 e. The molecule has 0 radical (unpaired) electrons. The number of rotatable bonds is 6. The Balaban J connectivity index is 1.98. The van der Waals surface area contributed by atoms with E-state index in [0.29, 0.717) is 12.3 Å². The third kappa shape index (κ3) is 4.36. The van der Waals surface area contributed by atoms with Gasteiger partial charge in [0.1, 0.15) is 11.5 Å². The molecular formula is C16H24N2O3. The molecule has 5 heteroatoms. The van der Waals surface area contributed by atoms with E-state index in [1.807, 2.05) is 23.1 Å². The molecule has 1 aromatic rings. The molecule has 1 fully saturated rings. The van der Waals surface area contributed by atoms with Crippen molar-refractivity contribution in [3.05, 3.63) is 23.8 Å². The number of ether oxygens (including phenoxy) is 2. The van der Waals surface area contributed by atoms with Crippen molar-refractivity contribution in [2.45, 2.75) is 25.7 Å². The van der Waals surface area contributed by atoms with Gasteiger partial charge >= 0.3 is 0 Å². The van der Waals surface area contributed by atoms with E-state index in [9.17, 15) is 4.79 Å². The summed E-state index contributed by atoms with van der Waals surface area (Å²) < 4.78 is 10.9. The van der Waals surface area contributed by atoms with Gasteiger partial charge in [0.15, 0.2) is 6.61 Å². The number of carbonyl (C=O) groups excluding carboxylic acids is 1. The van der Waals surface area contributed by atoms with Gasteiger partial charge in [-0.1, -0.05) is 6.07 Å². The van der Waals surface area contributed by atoms with Crippen molar-refractivity contribution >= 4 is 5.91 Å². The third-order valence-electron chi connectivity index (χ3n) is 3.75. The van der Waals surface area contributed by atoms with Gasteiger partial charge in [-0.3, -0.25) is 4.79 Å². The first-order valence-electron chi connectivity index (χ1n) is 7.52. The first kappa shape index (κ1) is 15.6. The van der Waals surface area contributed by atoms with E-state index in [1.165, 1.54) is 6.42 Å². The summed E-state index contributed by atoms with van der Waals surface area (Å²) in [4.78, 5) is 14.0. The second-order valence-electron chi connectivity index (χ2n) is 5.24. The lowest BCUT2D eigenvalue weighted by Crippen LogP contribution is -2.38. The number of amides is 1. The molecule has 1 aliphatic rings. The van der Waals surface area contributed by atoms with Crippen LogP contribution in [0.15, 0.2) is 18.2 Å². The minimum absolute atomic E-state index is 0.0521. The Bertz CT molecular complexity index is 471. The smallest absolute Gasteiger partial charge is 0.260 e. The quantitative estimate of drug-likeness (QED) is 0.864. The highest BCUT2D eigenvalue weighted by atomic mass is 16.5. The molecule has 5 nitrogen and oxygen atoms in total. The Morgan fingerprint density at radius 1 is 1.29 bits per heavy atom. The van der Waals surface area contributed by atoms with Crippen LogP contribution in [0.5, 0.6) is 11.5 Å². The Morgan fingerprint density at radius 2 is 2.05 bits per heavy atom. The normalized spacial score (nSPS) is 14.9. The highest BCUT2D eigenvalue weighted by Gasteiger charge is 2.17. The number of methoxy groups -OCH3 is 1. The SMILES string of the molecule is COc1ccc(CCN)c(OCC(=O)N2CCCCC2)c1. The molecule has 0 spiro atoms. The number of hydrogen-bond donors (Lipinski definition) is 1. The predicted molar refractivity (Wildman–Crippen MR) is 81.7 cm³/mol. The number of piperidine rings is 1. The first-order chi connectivity index (χ1) is 10.2. The second-order valence-corrected chi connectivity index (χ2v) is 5.24. The summed E-state index contributed by atoms with van der Waals surface area (Å²) in [6.07, 6.45) is 4.10. The molecule has 0 bridgehead atoms. The van der Waals surface area contributed by atoms with Gasteiger partial charge in [-0.2, -0.15) is 0 Å². The van der Waals surface area contributed by atoms with Crippen molar-refractivity contribution in [1.82, 2.24) is 4.90 Å². The third-order valence-corrected chi connectivity index (χ3v) is 3.75. The fourth-order valence-corrected chi connectivity index (χ4v) is 2.53. The average molecular weight is 292 g/mol. The van der Waals surface area contributed by atoms with Crippen molar-refractivity contribution in [2.75, 3.05) is 33.4 Å². The van der Waals surface area contributed by atoms with Gasteiger partial charge < -0.3 is 20.1 Å². The maximum Gasteiger partial charge on any atom is 0.260 e. The number of benzene rings is 1. The summed E-state index contributed by atoms with van der Waals surface area (Å²) in [5.74, 6) is 1.46. The van der Waals surface area contributed by atoms with Gasteiger partial charge in [-0.05, 0) is 43.9 Å². The predicted octanol–water partition coefficient (Wildman–Crippen LogP) is 1.59. The standard InChI is InChI=1S/C16H24N2O3/c1-20-14-6-5-13(7-8-17)15(11-14)21-12-16(19)18-9-3-2-4-10-18/h5-6,11H,2-4,7-10,12,17H2,1H3. The molecule has 1 saturated heterocycles.